The van der Waals surface area contributed by atoms with E-state index in [1.807, 2.05) is 44.2 Å². The first kappa shape index (κ1) is 15.9. The van der Waals surface area contributed by atoms with Gasteiger partial charge in [0.05, 0.1) is 16.6 Å². The molecule has 1 heterocycles. The normalized spacial score (nSPS) is 10.8. The van der Waals surface area contributed by atoms with Gasteiger partial charge in [-0.05, 0) is 49.7 Å². The molecule has 3 rings (SSSR count). The van der Waals surface area contributed by atoms with Crippen LogP contribution in [0.4, 0.5) is 5.69 Å². The van der Waals surface area contributed by atoms with Gasteiger partial charge in [0, 0.05) is 12.1 Å². The van der Waals surface area contributed by atoms with Gasteiger partial charge >= 0.3 is 0 Å². The van der Waals surface area contributed by atoms with Crippen LogP contribution in [0.15, 0.2) is 53.3 Å². The fraction of sp³-hybridized carbons (Fsp3) is 0.211. The molecule has 0 radical (unpaired) electrons. The third-order valence-corrected chi connectivity index (χ3v) is 3.83. The van der Waals surface area contributed by atoms with Crippen molar-refractivity contribution < 1.29 is 4.79 Å². The number of aryl methyl sites for hydroxylation is 1. The minimum Gasteiger partial charge on any atom is -0.326 e. The van der Waals surface area contributed by atoms with E-state index in [1.165, 1.54) is 0 Å². The Morgan fingerprint density at radius 2 is 1.83 bits per heavy atom. The molecule has 0 bridgehead atoms. The lowest BCUT2D eigenvalue weighted by molar-refractivity contribution is -0.116. The number of rotatable bonds is 4. The maximum absolute atomic E-state index is 12.8. The molecule has 3 aromatic rings. The lowest BCUT2D eigenvalue weighted by Crippen LogP contribution is -2.22. The first-order chi connectivity index (χ1) is 11.6. The van der Waals surface area contributed by atoms with Crippen LogP contribution >= 0.6 is 0 Å². The molecule has 2 aromatic carbocycles. The molecule has 0 saturated heterocycles. The molecule has 0 unspecified atom stereocenters. The Labute approximate surface area is 140 Å². The zero-order chi connectivity index (χ0) is 17.1. The van der Waals surface area contributed by atoms with Gasteiger partial charge in [0.25, 0.3) is 5.56 Å². The first-order valence-electron chi connectivity index (χ1n) is 7.99. The molecule has 0 aliphatic carbocycles. The third kappa shape index (κ3) is 3.06. The molecule has 5 nitrogen and oxygen atoms in total. The molecule has 5 heteroatoms. The van der Waals surface area contributed by atoms with Gasteiger partial charge in [0.15, 0.2) is 0 Å². The zero-order valence-corrected chi connectivity index (χ0v) is 13.7. The van der Waals surface area contributed by atoms with Crippen LogP contribution in [0, 0.1) is 6.92 Å². The molecule has 0 spiro atoms. The monoisotopic (exact) mass is 321 g/mol. The van der Waals surface area contributed by atoms with E-state index in [4.69, 9.17) is 0 Å². The van der Waals surface area contributed by atoms with Gasteiger partial charge in [-0.1, -0.05) is 19.1 Å². The number of carbonyl (C=O) groups is 1. The smallest absolute Gasteiger partial charge is 0.265 e. The van der Waals surface area contributed by atoms with Crippen LogP contribution in [0.5, 0.6) is 0 Å². The third-order valence-electron chi connectivity index (χ3n) is 3.83. The molecule has 1 aromatic heterocycles. The van der Waals surface area contributed by atoms with Gasteiger partial charge in [-0.25, -0.2) is 4.98 Å². The number of fused-ring (bicyclic) bond motifs is 1. The molecule has 0 saturated carbocycles. The summed E-state index contributed by atoms with van der Waals surface area (Å²) < 4.78 is 1.58. The van der Waals surface area contributed by atoms with Crippen molar-refractivity contribution in [2.75, 3.05) is 5.32 Å². The van der Waals surface area contributed by atoms with E-state index in [0.717, 1.165) is 17.8 Å². The minimum atomic E-state index is -0.0964. The van der Waals surface area contributed by atoms with Crippen molar-refractivity contribution in [3.63, 3.8) is 0 Å². The van der Waals surface area contributed by atoms with Crippen LogP contribution in [-0.2, 0) is 4.79 Å². The summed E-state index contributed by atoms with van der Waals surface area (Å²) in [6, 6.07) is 14.5. The van der Waals surface area contributed by atoms with E-state index < -0.39 is 0 Å². The largest absolute Gasteiger partial charge is 0.326 e. The van der Waals surface area contributed by atoms with Gasteiger partial charge in [0.1, 0.15) is 5.82 Å². The summed E-state index contributed by atoms with van der Waals surface area (Å²) in [4.78, 5) is 28.9. The number of nitrogens with zero attached hydrogens (tertiary/aromatic N) is 2. The topological polar surface area (TPSA) is 64.0 Å². The van der Waals surface area contributed by atoms with Crippen molar-refractivity contribution in [2.45, 2.75) is 26.7 Å². The summed E-state index contributed by atoms with van der Waals surface area (Å²) in [5.74, 6) is 0.618. The van der Waals surface area contributed by atoms with Gasteiger partial charge in [-0.3, -0.25) is 14.2 Å². The lowest BCUT2D eigenvalue weighted by Gasteiger charge is -2.12. The molecule has 24 heavy (non-hydrogen) atoms. The molecule has 1 amide bonds. The van der Waals surface area contributed by atoms with E-state index in [-0.39, 0.29) is 11.5 Å². The van der Waals surface area contributed by atoms with Crippen LogP contribution in [0.3, 0.4) is 0 Å². The highest BCUT2D eigenvalue weighted by atomic mass is 16.1. The molecule has 122 valence electrons. The summed E-state index contributed by atoms with van der Waals surface area (Å²) in [5.41, 5.74) is 2.04. The average molecular weight is 321 g/mol. The number of hydrogen-bond acceptors (Lipinski definition) is 3. The van der Waals surface area contributed by atoms with Crippen molar-refractivity contribution in [3.8, 4) is 5.69 Å². The number of benzene rings is 2. The quantitative estimate of drug-likeness (QED) is 0.800. The maximum atomic E-state index is 12.8. The van der Waals surface area contributed by atoms with Crippen LogP contribution in [0.25, 0.3) is 16.6 Å². The van der Waals surface area contributed by atoms with Crippen LogP contribution in [-0.4, -0.2) is 15.5 Å². The fourth-order valence-electron chi connectivity index (χ4n) is 2.69. The maximum Gasteiger partial charge on any atom is 0.265 e. The highest BCUT2D eigenvalue weighted by Gasteiger charge is 2.09. The lowest BCUT2D eigenvalue weighted by atomic mass is 10.2. The second kappa shape index (κ2) is 6.66. The summed E-state index contributed by atoms with van der Waals surface area (Å²) in [5, 5.41) is 3.42. The predicted molar refractivity (Wildman–Crippen MR) is 95.6 cm³/mol. The Hall–Kier alpha value is -2.95. The molecule has 0 atom stereocenters. The van der Waals surface area contributed by atoms with Crippen molar-refractivity contribution in [1.29, 1.82) is 0 Å². The summed E-state index contributed by atoms with van der Waals surface area (Å²) in [7, 11) is 0. The Balaban J connectivity index is 1.99. The van der Waals surface area contributed by atoms with Gasteiger partial charge < -0.3 is 5.32 Å². The number of hydrogen-bond donors (Lipinski definition) is 1. The number of amides is 1. The zero-order valence-electron chi connectivity index (χ0n) is 13.7. The van der Waals surface area contributed by atoms with Crippen molar-refractivity contribution in [3.05, 3.63) is 64.7 Å². The minimum absolute atomic E-state index is 0.00836. The van der Waals surface area contributed by atoms with Crippen LogP contribution in [0.2, 0.25) is 0 Å². The Morgan fingerprint density at radius 3 is 2.54 bits per heavy atom. The summed E-state index contributed by atoms with van der Waals surface area (Å²) >= 11 is 0. The Kier molecular flexibility index (Phi) is 4.42. The first-order valence-corrected chi connectivity index (χ1v) is 7.99. The van der Waals surface area contributed by atoms with E-state index in [1.54, 1.807) is 22.8 Å². The SMILES string of the molecule is CCCC(=O)Nc1ccc(-n2c(C)nc3ccccc3c2=O)cc1. The predicted octanol–water partition coefficient (Wildman–Crippen LogP) is 3.43. The van der Waals surface area contributed by atoms with Gasteiger partial charge in [-0.2, -0.15) is 0 Å². The van der Waals surface area contributed by atoms with Gasteiger partial charge in [0.2, 0.25) is 5.91 Å². The average Bonchev–Trinajstić information content (AvgIpc) is 2.56. The summed E-state index contributed by atoms with van der Waals surface area (Å²) in [6.45, 7) is 3.77. The van der Waals surface area contributed by atoms with Crippen molar-refractivity contribution in [1.82, 2.24) is 9.55 Å². The molecular weight excluding hydrogens is 302 g/mol. The number of carbonyl (C=O) groups excluding carboxylic acids is 1. The molecule has 0 aliphatic rings. The molecule has 1 N–H and O–H groups in total. The molecule has 0 fully saturated rings. The van der Waals surface area contributed by atoms with Crippen molar-refractivity contribution >= 4 is 22.5 Å². The highest BCUT2D eigenvalue weighted by Crippen LogP contribution is 2.15. The Morgan fingerprint density at radius 1 is 1.12 bits per heavy atom. The van der Waals surface area contributed by atoms with Crippen LogP contribution < -0.4 is 10.9 Å². The van der Waals surface area contributed by atoms with Gasteiger partial charge in [-0.15, -0.1) is 0 Å². The second-order valence-electron chi connectivity index (χ2n) is 5.66. The van der Waals surface area contributed by atoms with E-state index in [0.29, 0.717) is 23.1 Å². The summed E-state index contributed by atoms with van der Waals surface area (Å²) in [6.07, 6.45) is 1.30. The number of para-hydroxylation sites is 1. The number of nitrogens with one attached hydrogen (secondary N) is 1. The van der Waals surface area contributed by atoms with E-state index in [9.17, 15) is 9.59 Å². The highest BCUT2D eigenvalue weighted by molar-refractivity contribution is 5.90. The number of anilines is 1. The van der Waals surface area contributed by atoms with E-state index >= 15 is 0 Å². The Bertz CT molecular complexity index is 943. The van der Waals surface area contributed by atoms with E-state index in [2.05, 4.69) is 10.3 Å². The fourth-order valence-corrected chi connectivity index (χ4v) is 2.69. The number of aromatic nitrogens is 2. The second-order valence-corrected chi connectivity index (χ2v) is 5.66. The van der Waals surface area contributed by atoms with Crippen LogP contribution in [0.1, 0.15) is 25.6 Å². The standard InChI is InChI=1S/C19H19N3O2/c1-3-6-18(23)21-14-9-11-15(12-10-14)22-13(2)20-17-8-5-4-7-16(17)19(22)24/h4-5,7-12H,3,6H2,1-2H3,(H,21,23). The van der Waals surface area contributed by atoms with Crippen molar-refractivity contribution in [2.24, 2.45) is 0 Å². The molecular formula is C19H19N3O2. The molecule has 0 aliphatic heterocycles.